The zero-order chi connectivity index (χ0) is 11.9. The van der Waals surface area contributed by atoms with Crippen LogP contribution in [0.2, 0.25) is 0 Å². The van der Waals surface area contributed by atoms with Gasteiger partial charge >= 0.3 is 0 Å². The number of rotatable bonds is 2. The third-order valence-corrected chi connectivity index (χ3v) is 3.74. The topological polar surface area (TPSA) is 0 Å². The molecule has 0 unspecified atom stereocenters. The predicted molar refractivity (Wildman–Crippen MR) is 68.4 cm³/mol. The van der Waals surface area contributed by atoms with Crippen LogP contribution in [0.5, 0.6) is 0 Å². The molecule has 1 heteroatoms. The van der Waals surface area contributed by atoms with Gasteiger partial charge in [0.1, 0.15) is 5.82 Å². The number of benzene rings is 2. The molecule has 0 N–H and O–H groups in total. The zero-order valence-electron chi connectivity index (χ0n) is 9.91. The SMILES string of the molecule is CC1(c2cccc(-c3ccc(F)cc3)c2)CC1. The highest BCUT2D eigenvalue weighted by molar-refractivity contribution is 5.64. The summed E-state index contributed by atoms with van der Waals surface area (Å²) >= 11 is 0. The molecule has 1 aliphatic rings. The fraction of sp³-hybridized carbons (Fsp3) is 0.250. The van der Waals surface area contributed by atoms with Crippen LogP contribution in [0.4, 0.5) is 4.39 Å². The van der Waals surface area contributed by atoms with E-state index < -0.39 is 0 Å². The lowest BCUT2D eigenvalue weighted by molar-refractivity contribution is 0.628. The lowest BCUT2D eigenvalue weighted by atomic mass is 9.94. The van der Waals surface area contributed by atoms with Crippen LogP contribution in [-0.4, -0.2) is 0 Å². The van der Waals surface area contributed by atoms with Gasteiger partial charge in [0.05, 0.1) is 0 Å². The summed E-state index contributed by atoms with van der Waals surface area (Å²) in [7, 11) is 0. The second kappa shape index (κ2) is 3.69. The zero-order valence-corrected chi connectivity index (χ0v) is 9.91. The molecule has 0 atom stereocenters. The first-order valence-electron chi connectivity index (χ1n) is 6.04. The average molecular weight is 226 g/mol. The van der Waals surface area contributed by atoms with Gasteiger partial charge in [-0.1, -0.05) is 43.3 Å². The third kappa shape index (κ3) is 1.97. The molecule has 2 aromatic rings. The van der Waals surface area contributed by atoms with Crippen LogP contribution in [0.25, 0.3) is 11.1 Å². The molecule has 1 fully saturated rings. The van der Waals surface area contributed by atoms with Gasteiger partial charge in [0.25, 0.3) is 0 Å². The van der Waals surface area contributed by atoms with Gasteiger partial charge in [-0.2, -0.15) is 0 Å². The summed E-state index contributed by atoms with van der Waals surface area (Å²) < 4.78 is 12.9. The number of halogens is 1. The molecule has 0 amide bonds. The molecule has 0 aromatic heterocycles. The van der Waals surface area contributed by atoms with Crippen molar-refractivity contribution in [3.05, 3.63) is 59.9 Å². The molecule has 17 heavy (non-hydrogen) atoms. The molecule has 0 spiro atoms. The molecular weight excluding hydrogens is 211 g/mol. The molecule has 0 saturated heterocycles. The van der Waals surface area contributed by atoms with Crippen molar-refractivity contribution in [1.29, 1.82) is 0 Å². The highest BCUT2D eigenvalue weighted by Crippen LogP contribution is 2.48. The van der Waals surface area contributed by atoms with Gasteiger partial charge in [-0.25, -0.2) is 4.39 Å². The van der Waals surface area contributed by atoms with Crippen LogP contribution in [0.3, 0.4) is 0 Å². The van der Waals surface area contributed by atoms with Gasteiger partial charge in [0.15, 0.2) is 0 Å². The maximum Gasteiger partial charge on any atom is 0.123 e. The van der Waals surface area contributed by atoms with Crippen molar-refractivity contribution < 1.29 is 4.39 Å². The van der Waals surface area contributed by atoms with Crippen LogP contribution >= 0.6 is 0 Å². The molecule has 0 bridgehead atoms. The highest BCUT2D eigenvalue weighted by Gasteiger charge is 2.38. The minimum atomic E-state index is -0.181. The predicted octanol–water partition coefficient (Wildman–Crippen LogP) is 4.54. The van der Waals surface area contributed by atoms with Crippen LogP contribution in [0.15, 0.2) is 48.5 Å². The van der Waals surface area contributed by atoms with Crippen molar-refractivity contribution in [1.82, 2.24) is 0 Å². The summed E-state index contributed by atoms with van der Waals surface area (Å²) in [6.07, 6.45) is 2.56. The standard InChI is InChI=1S/C16H15F/c1-16(9-10-16)14-4-2-3-13(11-14)12-5-7-15(17)8-6-12/h2-8,11H,9-10H2,1H3. The molecule has 1 aliphatic carbocycles. The van der Waals surface area contributed by atoms with E-state index in [-0.39, 0.29) is 5.82 Å². The van der Waals surface area contributed by atoms with Crippen molar-refractivity contribution in [3.63, 3.8) is 0 Å². The Morgan fingerprint density at radius 1 is 0.941 bits per heavy atom. The first kappa shape index (κ1) is 10.5. The van der Waals surface area contributed by atoms with E-state index in [1.54, 1.807) is 0 Å². The molecular formula is C16H15F. The fourth-order valence-electron chi connectivity index (χ4n) is 2.19. The van der Waals surface area contributed by atoms with E-state index in [1.807, 2.05) is 12.1 Å². The van der Waals surface area contributed by atoms with Crippen molar-refractivity contribution in [2.75, 3.05) is 0 Å². The van der Waals surface area contributed by atoms with E-state index >= 15 is 0 Å². The van der Waals surface area contributed by atoms with Gasteiger partial charge in [-0.15, -0.1) is 0 Å². The molecule has 86 valence electrons. The Balaban J connectivity index is 2.00. The van der Waals surface area contributed by atoms with Crippen molar-refractivity contribution in [2.45, 2.75) is 25.2 Å². The van der Waals surface area contributed by atoms with E-state index in [9.17, 15) is 4.39 Å². The quantitative estimate of drug-likeness (QED) is 0.705. The molecule has 0 nitrogen and oxygen atoms in total. The van der Waals surface area contributed by atoms with E-state index in [2.05, 4.69) is 31.2 Å². The summed E-state index contributed by atoms with van der Waals surface area (Å²) in [6.45, 7) is 2.30. The van der Waals surface area contributed by atoms with E-state index in [4.69, 9.17) is 0 Å². The summed E-state index contributed by atoms with van der Waals surface area (Å²) in [5, 5.41) is 0. The maximum absolute atomic E-state index is 12.9. The minimum absolute atomic E-state index is 0.181. The van der Waals surface area contributed by atoms with Crippen molar-refractivity contribution in [3.8, 4) is 11.1 Å². The monoisotopic (exact) mass is 226 g/mol. The second-order valence-corrected chi connectivity index (χ2v) is 5.15. The Morgan fingerprint density at radius 2 is 1.65 bits per heavy atom. The first-order valence-corrected chi connectivity index (χ1v) is 6.04. The number of hydrogen-bond donors (Lipinski definition) is 0. The summed E-state index contributed by atoms with van der Waals surface area (Å²) in [6, 6.07) is 15.3. The average Bonchev–Trinajstić information content (AvgIpc) is 3.10. The summed E-state index contributed by atoms with van der Waals surface area (Å²) in [5.41, 5.74) is 4.04. The first-order chi connectivity index (χ1) is 8.17. The Labute approximate surface area is 101 Å². The Morgan fingerprint density at radius 3 is 2.29 bits per heavy atom. The molecule has 1 saturated carbocycles. The molecule has 0 heterocycles. The van der Waals surface area contributed by atoms with Gasteiger partial charge < -0.3 is 0 Å². The van der Waals surface area contributed by atoms with Crippen LogP contribution in [0.1, 0.15) is 25.3 Å². The number of hydrogen-bond acceptors (Lipinski definition) is 0. The lowest BCUT2D eigenvalue weighted by Crippen LogP contribution is -1.99. The third-order valence-electron chi connectivity index (χ3n) is 3.74. The highest BCUT2D eigenvalue weighted by atomic mass is 19.1. The Hall–Kier alpha value is -1.63. The molecule has 2 aromatic carbocycles. The molecule has 3 rings (SSSR count). The van der Waals surface area contributed by atoms with Gasteiger partial charge in [0, 0.05) is 0 Å². The van der Waals surface area contributed by atoms with Gasteiger partial charge in [-0.3, -0.25) is 0 Å². The van der Waals surface area contributed by atoms with Gasteiger partial charge in [0.2, 0.25) is 0 Å². The Kier molecular flexibility index (Phi) is 2.29. The minimum Gasteiger partial charge on any atom is -0.207 e. The maximum atomic E-state index is 12.9. The summed E-state index contributed by atoms with van der Waals surface area (Å²) in [4.78, 5) is 0. The lowest BCUT2D eigenvalue weighted by Gasteiger charge is -2.10. The smallest absolute Gasteiger partial charge is 0.123 e. The van der Waals surface area contributed by atoms with Crippen LogP contribution in [-0.2, 0) is 5.41 Å². The largest absolute Gasteiger partial charge is 0.207 e. The fourth-order valence-corrected chi connectivity index (χ4v) is 2.19. The van der Waals surface area contributed by atoms with E-state index in [0.29, 0.717) is 5.41 Å². The normalized spacial score (nSPS) is 16.8. The van der Waals surface area contributed by atoms with E-state index in [0.717, 1.165) is 5.56 Å². The second-order valence-electron chi connectivity index (χ2n) is 5.15. The van der Waals surface area contributed by atoms with Crippen molar-refractivity contribution in [2.24, 2.45) is 0 Å². The van der Waals surface area contributed by atoms with E-state index in [1.165, 1.54) is 36.1 Å². The van der Waals surface area contributed by atoms with Crippen LogP contribution < -0.4 is 0 Å². The van der Waals surface area contributed by atoms with Crippen LogP contribution in [0, 0.1) is 5.82 Å². The summed E-state index contributed by atoms with van der Waals surface area (Å²) in [5.74, 6) is -0.181. The Bertz CT molecular complexity index is 536. The molecule has 0 radical (unpaired) electrons. The van der Waals surface area contributed by atoms with Gasteiger partial charge in [-0.05, 0) is 47.1 Å². The van der Waals surface area contributed by atoms with Crippen molar-refractivity contribution >= 4 is 0 Å². The molecule has 0 aliphatic heterocycles.